The van der Waals surface area contributed by atoms with Crippen LogP contribution in [0.5, 0.6) is 0 Å². The second kappa shape index (κ2) is 7.86. The van der Waals surface area contributed by atoms with Crippen LogP contribution in [0.4, 0.5) is 0 Å². The lowest BCUT2D eigenvalue weighted by atomic mass is 10.00. The lowest BCUT2D eigenvalue weighted by molar-refractivity contribution is 0.0170. The second-order valence-corrected chi connectivity index (χ2v) is 4.64. The Labute approximate surface area is 100 Å². The zero-order valence-corrected chi connectivity index (χ0v) is 10.9. The molecule has 0 heterocycles. The van der Waals surface area contributed by atoms with Crippen LogP contribution >= 0.6 is 0 Å². The van der Waals surface area contributed by atoms with Crippen molar-refractivity contribution in [2.75, 3.05) is 13.2 Å². The Balaban J connectivity index is 2.39. The highest BCUT2D eigenvalue weighted by atomic mass is 16.5. The van der Waals surface area contributed by atoms with E-state index in [9.17, 15) is 0 Å². The Morgan fingerprint density at radius 1 is 1.44 bits per heavy atom. The molecule has 1 fully saturated rings. The summed E-state index contributed by atoms with van der Waals surface area (Å²) in [4.78, 5) is 0. The average molecular weight is 225 g/mol. The molecule has 2 atom stereocenters. The number of hydrogen-bond acceptors (Lipinski definition) is 2. The predicted molar refractivity (Wildman–Crippen MR) is 69.7 cm³/mol. The van der Waals surface area contributed by atoms with Crippen LogP contribution in [0.1, 0.15) is 46.0 Å². The summed E-state index contributed by atoms with van der Waals surface area (Å²) in [5.41, 5.74) is 0. The van der Waals surface area contributed by atoms with Gasteiger partial charge in [-0.25, -0.2) is 0 Å². The van der Waals surface area contributed by atoms with Crippen molar-refractivity contribution in [1.82, 2.24) is 5.32 Å². The van der Waals surface area contributed by atoms with Gasteiger partial charge in [-0.15, -0.1) is 6.58 Å². The summed E-state index contributed by atoms with van der Waals surface area (Å²) in [5, 5.41) is 3.59. The van der Waals surface area contributed by atoms with Crippen LogP contribution in [0.3, 0.4) is 0 Å². The molecule has 94 valence electrons. The molecule has 16 heavy (non-hydrogen) atoms. The summed E-state index contributed by atoms with van der Waals surface area (Å²) >= 11 is 0. The van der Waals surface area contributed by atoms with Crippen LogP contribution in [0.25, 0.3) is 0 Å². The van der Waals surface area contributed by atoms with Crippen molar-refractivity contribution in [3.8, 4) is 0 Å². The molecule has 1 saturated carbocycles. The van der Waals surface area contributed by atoms with Crippen LogP contribution in [0.15, 0.2) is 12.7 Å². The SMILES string of the molecule is C=CCCCC(NCC)C(OCC)C1CC1. The predicted octanol–water partition coefficient (Wildman–Crippen LogP) is 3.14. The number of hydrogen-bond donors (Lipinski definition) is 1. The largest absolute Gasteiger partial charge is 0.377 e. The minimum absolute atomic E-state index is 0.440. The molecule has 1 N–H and O–H groups in total. The second-order valence-electron chi connectivity index (χ2n) is 4.64. The summed E-state index contributed by atoms with van der Waals surface area (Å²) in [7, 11) is 0. The van der Waals surface area contributed by atoms with Gasteiger partial charge in [-0.2, -0.15) is 0 Å². The first-order valence-corrected chi connectivity index (χ1v) is 6.79. The summed E-state index contributed by atoms with van der Waals surface area (Å²) < 4.78 is 5.92. The smallest absolute Gasteiger partial charge is 0.0755 e. The van der Waals surface area contributed by atoms with E-state index in [1.165, 1.54) is 25.7 Å². The monoisotopic (exact) mass is 225 g/mol. The minimum Gasteiger partial charge on any atom is -0.377 e. The van der Waals surface area contributed by atoms with Gasteiger partial charge in [0, 0.05) is 12.6 Å². The zero-order chi connectivity index (χ0) is 11.8. The maximum Gasteiger partial charge on any atom is 0.0755 e. The van der Waals surface area contributed by atoms with Crippen molar-refractivity contribution in [2.24, 2.45) is 5.92 Å². The maximum absolute atomic E-state index is 5.92. The van der Waals surface area contributed by atoms with Crippen molar-refractivity contribution in [3.63, 3.8) is 0 Å². The molecule has 0 saturated heterocycles. The van der Waals surface area contributed by atoms with Crippen molar-refractivity contribution < 1.29 is 4.74 Å². The third-order valence-corrected chi connectivity index (χ3v) is 3.23. The third-order valence-electron chi connectivity index (χ3n) is 3.23. The van der Waals surface area contributed by atoms with E-state index in [2.05, 4.69) is 25.7 Å². The zero-order valence-electron chi connectivity index (χ0n) is 10.9. The van der Waals surface area contributed by atoms with Gasteiger partial charge in [0.1, 0.15) is 0 Å². The average Bonchev–Trinajstić information content (AvgIpc) is 3.09. The van der Waals surface area contributed by atoms with E-state index in [-0.39, 0.29) is 0 Å². The standard InChI is InChI=1S/C14H27NO/c1-4-7-8-9-13(15-5-2)14(16-6-3)12-10-11-12/h4,12-15H,1,5-11H2,2-3H3. The van der Waals surface area contributed by atoms with E-state index in [4.69, 9.17) is 4.74 Å². The molecule has 1 rings (SSSR count). The fraction of sp³-hybridized carbons (Fsp3) is 0.857. The van der Waals surface area contributed by atoms with E-state index in [1.807, 2.05) is 6.08 Å². The van der Waals surface area contributed by atoms with E-state index >= 15 is 0 Å². The molecule has 0 spiro atoms. The van der Waals surface area contributed by atoms with Crippen LogP contribution < -0.4 is 5.32 Å². The van der Waals surface area contributed by atoms with E-state index < -0.39 is 0 Å². The molecule has 1 aliphatic rings. The third kappa shape index (κ3) is 4.67. The maximum atomic E-state index is 5.92. The highest BCUT2D eigenvalue weighted by molar-refractivity contribution is 4.90. The van der Waals surface area contributed by atoms with Crippen LogP contribution in [0, 0.1) is 5.92 Å². The molecular weight excluding hydrogens is 198 g/mol. The normalized spacial score (nSPS) is 19.4. The molecule has 0 aromatic rings. The summed E-state index contributed by atoms with van der Waals surface area (Å²) in [6.07, 6.45) is 8.71. The topological polar surface area (TPSA) is 21.3 Å². The van der Waals surface area contributed by atoms with E-state index in [1.54, 1.807) is 0 Å². The first-order chi connectivity index (χ1) is 7.83. The number of nitrogens with one attached hydrogen (secondary N) is 1. The van der Waals surface area contributed by atoms with Gasteiger partial charge in [0.2, 0.25) is 0 Å². The number of likely N-dealkylation sites (N-methyl/N-ethyl adjacent to an activating group) is 1. The highest BCUT2D eigenvalue weighted by Crippen LogP contribution is 2.36. The lowest BCUT2D eigenvalue weighted by Crippen LogP contribution is -2.42. The van der Waals surface area contributed by atoms with E-state index in [0.717, 1.165) is 25.5 Å². The highest BCUT2D eigenvalue weighted by Gasteiger charge is 2.36. The van der Waals surface area contributed by atoms with Crippen molar-refractivity contribution in [2.45, 2.75) is 58.1 Å². The van der Waals surface area contributed by atoms with Crippen LogP contribution in [-0.4, -0.2) is 25.3 Å². The molecular formula is C14H27NO. The van der Waals surface area contributed by atoms with Gasteiger partial charge < -0.3 is 10.1 Å². The van der Waals surface area contributed by atoms with Gasteiger partial charge in [0.25, 0.3) is 0 Å². The molecule has 0 aliphatic heterocycles. The Hall–Kier alpha value is -0.340. The first-order valence-electron chi connectivity index (χ1n) is 6.79. The van der Waals surface area contributed by atoms with Crippen molar-refractivity contribution >= 4 is 0 Å². The van der Waals surface area contributed by atoms with E-state index in [0.29, 0.717) is 12.1 Å². The number of ether oxygens (including phenoxy) is 1. The summed E-state index contributed by atoms with van der Waals surface area (Å²) in [6, 6.07) is 0.539. The fourth-order valence-electron chi connectivity index (χ4n) is 2.32. The number of rotatable bonds is 10. The first kappa shape index (κ1) is 13.7. The van der Waals surface area contributed by atoms with Crippen LogP contribution in [0.2, 0.25) is 0 Å². The molecule has 0 aromatic heterocycles. The molecule has 1 aliphatic carbocycles. The molecule has 0 radical (unpaired) electrons. The number of allylic oxidation sites excluding steroid dienone is 1. The Kier molecular flexibility index (Phi) is 6.74. The van der Waals surface area contributed by atoms with Gasteiger partial charge in [0.05, 0.1) is 6.10 Å². The molecule has 0 aromatic carbocycles. The Morgan fingerprint density at radius 2 is 2.19 bits per heavy atom. The Morgan fingerprint density at radius 3 is 2.69 bits per heavy atom. The fourth-order valence-corrected chi connectivity index (χ4v) is 2.32. The minimum atomic E-state index is 0.440. The van der Waals surface area contributed by atoms with Crippen molar-refractivity contribution in [1.29, 1.82) is 0 Å². The molecule has 2 heteroatoms. The lowest BCUT2D eigenvalue weighted by Gasteiger charge is -2.27. The van der Waals surface area contributed by atoms with Gasteiger partial charge in [-0.3, -0.25) is 0 Å². The molecule has 2 unspecified atom stereocenters. The molecule has 0 amide bonds. The molecule has 2 nitrogen and oxygen atoms in total. The quantitative estimate of drug-likeness (QED) is 0.455. The van der Waals surface area contributed by atoms with Gasteiger partial charge >= 0.3 is 0 Å². The van der Waals surface area contributed by atoms with Gasteiger partial charge in [0.15, 0.2) is 0 Å². The van der Waals surface area contributed by atoms with Crippen LogP contribution in [-0.2, 0) is 4.74 Å². The summed E-state index contributed by atoms with van der Waals surface area (Å²) in [5.74, 6) is 0.813. The van der Waals surface area contributed by atoms with Gasteiger partial charge in [-0.1, -0.05) is 13.0 Å². The van der Waals surface area contributed by atoms with Crippen molar-refractivity contribution in [3.05, 3.63) is 12.7 Å². The number of unbranched alkanes of at least 4 members (excludes halogenated alkanes) is 1. The Bertz CT molecular complexity index is 189. The van der Waals surface area contributed by atoms with Gasteiger partial charge in [-0.05, 0) is 51.5 Å². The molecule has 0 bridgehead atoms. The summed E-state index contributed by atoms with van der Waals surface area (Å²) in [6.45, 7) is 9.93.